The highest BCUT2D eigenvalue weighted by Crippen LogP contribution is 2.35. The Balaban J connectivity index is 1.52. The smallest absolute Gasteiger partial charge is 0.235 e. The van der Waals surface area contributed by atoms with Crippen molar-refractivity contribution in [2.24, 2.45) is 0 Å². The summed E-state index contributed by atoms with van der Waals surface area (Å²) in [5.41, 5.74) is 0. The van der Waals surface area contributed by atoms with E-state index in [9.17, 15) is 4.79 Å². The molecule has 1 aliphatic carbocycles. The lowest BCUT2D eigenvalue weighted by atomic mass is 9.95. The molecule has 4 rings (SSSR count). The Morgan fingerprint density at radius 3 is 2.55 bits per heavy atom. The van der Waals surface area contributed by atoms with E-state index in [-0.39, 0.29) is 11.2 Å². The first-order valence-electron chi connectivity index (χ1n) is 11.1. The molecule has 1 atom stereocenters. The summed E-state index contributed by atoms with van der Waals surface area (Å²) >= 11 is 3.38. The lowest BCUT2D eigenvalue weighted by Crippen LogP contribution is -2.37. The molecule has 1 amide bonds. The summed E-state index contributed by atoms with van der Waals surface area (Å²) in [5.74, 6) is 1.31. The summed E-state index contributed by atoms with van der Waals surface area (Å²) in [4.78, 5) is 16.4. The van der Waals surface area contributed by atoms with Gasteiger partial charge < -0.3 is 9.47 Å². The minimum atomic E-state index is -0.116. The number of thiophene rings is 1. The van der Waals surface area contributed by atoms with Gasteiger partial charge in [0.05, 0.1) is 5.25 Å². The average molecular weight is 433 g/mol. The van der Waals surface area contributed by atoms with Crippen LogP contribution in [0.1, 0.15) is 81.5 Å². The first-order valence-corrected chi connectivity index (χ1v) is 12.9. The molecule has 2 fully saturated rings. The number of nitrogens with zero attached hydrogens (tertiary/aromatic N) is 4. The van der Waals surface area contributed by atoms with Crippen molar-refractivity contribution in [3.63, 3.8) is 0 Å². The van der Waals surface area contributed by atoms with Crippen molar-refractivity contribution in [2.75, 3.05) is 13.1 Å². The maximum absolute atomic E-state index is 13.1. The maximum Gasteiger partial charge on any atom is 0.235 e. The van der Waals surface area contributed by atoms with Crippen LogP contribution in [-0.2, 0) is 11.2 Å². The molecule has 1 unspecified atom stereocenters. The van der Waals surface area contributed by atoms with Gasteiger partial charge in [0, 0.05) is 30.4 Å². The molecule has 7 heteroatoms. The standard InChI is InChI=1S/C22H32N4OS2/c1-17(21(27)25-13-7-2-3-8-14-25)29-22-24-23-20(16-19-12-9-15-28-19)26(22)18-10-5-4-6-11-18/h9,12,15,17-18H,2-8,10-11,13-14,16H2,1H3. The summed E-state index contributed by atoms with van der Waals surface area (Å²) in [7, 11) is 0. The van der Waals surface area contributed by atoms with E-state index >= 15 is 0 Å². The second-order valence-corrected chi connectivity index (χ2v) is 10.7. The van der Waals surface area contributed by atoms with Crippen LogP contribution in [0.3, 0.4) is 0 Å². The van der Waals surface area contributed by atoms with Crippen LogP contribution in [0, 0.1) is 0 Å². The van der Waals surface area contributed by atoms with E-state index < -0.39 is 0 Å². The van der Waals surface area contributed by atoms with Crippen molar-refractivity contribution in [3.8, 4) is 0 Å². The van der Waals surface area contributed by atoms with E-state index in [2.05, 4.69) is 37.2 Å². The van der Waals surface area contributed by atoms with Crippen LogP contribution < -0.4 is 0 Å². The van der Waals surface area contributed by atoms with Gasteiger partial charge in [-0.1, -0.05) is 49.9 Å². The quantitative estimate of drug-likeness (QED) is 0.580. The van der Waals surface area contributed by atoms with Gasteiger partial charge in [-0.2, -0.15) is 0 Å². The van der Waals surface area contributed by atoms with Crippen molar-refractivity contribution in [1.82, 2.24) is 19.7 Å². The van der Waals surface area contributed by atoms with Gasteiger partial charge in [-0.3, -0.25) is 4.79 Å². The van der Waals surface area contributed by atoms with Gasteiger partial charge in [-0.15, -0.1) is 21.5 Å². The average Bonchev–Trinajstić information content (AvgIpc) is 3.30. The number of aromatic nitrogens is 3. The molecule has 1 aliphatic heterocycles. The van der Waals surface area contributed by atoms with E-state index in [0.29, 0.717) is 6.04 Å². The number of thioether (sulfide) groups is 1. The van der Waals surface area contributed by atoms with E-state index in [4.69, 9.17) is 0 Å². The molecule has 0 aromatic carbocycles. The Kier molecular flexibility index (Phi) is 7.29. The first kappa shape index (κ1) is 20.9. The SMILES string of the molecule is CC(Sc1nnc(Cc2cccs2)n1C1CCCCC1)C(=O)N1CCCCCC1. The van der Waals surface area contributed by atoms with Crippen LogP contribution in [0.15, 0.2) is 22.7 Å². The van der Waals surface area contributed by atoms with Gasteiger partial charge in [0.1, 0.15) is 5.82 Å². The fraction of sp³-hybridized carbons (Fsp3) is 0.682. The predicted molar refractivity (Wildman–Crippen MR) is 120 cm³/mol. The monoisotopic (exact) mass is 432 g/mol. The van der Waals surface area contributed by atoms with Crippen LogP contribution in [0.2, 0.25) is 0 Å². The van der Waals surface area contributed by atoms with Crippen molar-refractivity contribution >= 4 is 29.0 Å². The lowest BCUT2D eigenvalue weighted by molar-refractivity contribution is -0.130. The van der Waals surface area contributed by atoms with E-state index in [1.807, 2.05) is 6.92 Å². The summed E-state index contributed by atoms with van der Waals surface area (Å²) < 4.78 is 2.37. The highest BCUT2D eigenvalue weighted by molar-refractivity contribution is 8.00. The summed E-state index contributed by atoms with van der Waals surface area (Å²) in [6.07, 6.45) is 11.8. The van der Waals surface area contributed by atoms with Crippen LogP contribution in [0.25, 0.3) is 0 Å². The van der Waals surface area contributed by atoms with Crippen LogP contribution in [-0.4, -0.2) is 43.9 Å². The third kappa shape index (κ3) is 5.23. The molecule has 158 valence electrons. The largest absolute Gasteiger partial charge is 0.342 e. The zero-order valence-electron chi connectivity index (χ0n) is 17.4. The van der Waals surface area contributed by atoms with Gasteiger partial charge in [0.2, 0.25) is 5.91 Å². The second-order valence-electron chi connectivity index (χ2n) is 8.32. The van der Waals surface area contributed by atoms with E-state index in [0.717, 1.165) is 43.3 Å². The molecule has 0 radical (unpaired) electrons. The molecule has 0 spiro atoms. The van der Waals surface area contributed by atoms with E-state index in [1.54, 1.807) is 23.1 Å². The number of likely N-dealkylation sites (tertiary alicyclic amines) is 1. The number of carbonyl (C=O) groups is 1. The van der Waals surface area contributed by atoms with Gasteiger partial charge in [-0.05, 0) is 44.1 Å². The van der Waals surface area contributed by atoms with E-state index in [1.165, 1.54) is 49.8 Å². The third-order valence-corrected chi connectivity index (χ3v) is 8.06. The highest BCUT2D eigenvalue weighted by atomic mass is 32.2. The Bertz CT molecular complexity index is 775. The molecule has 3 heterocycles. The first-order chi connectivity index (χ1) is 14.2. The molecule has 2 aliphatic rings. The number of rotatable bonds is 6. The number of amides is 1. The molecule has 2 aromatic rings. The minimum absolute atomic E-state index is 0.116. The number of hydrogen-bond acceptors (Lipinski definition) is 5. The second kappa shape index (κ2) is 10.1. The van der Waals surface area contributed by atoms with Gasteiger partial charge in [0.15, 0.2) is 5.16 Å². The van der Waals surface area contributed by atoms with Crippen LogP contribution in [0.5, 0.6) is 0 Å². The lowest BCUT2D eigenvalue weighted by Gasteiger charge is -2.27. The normalized spacial score (nSPS) is 19.8. The molecule has 1 saturated heterocycles. The Labute approximate surface area is 182 Å². The molecular weight excluding hydrogens is 400 g/mol. The molecule has 29 heavy (non-hydrogen) atoms. The Morgan fingerprint density at radius 1 is 1.14 bits per heavy atom. The Hall–Kier alpha value is -1.34. The summed E-state index contributed by atoms with van der Waals surface area (Å²) in [6.45, 7) is 3.85. The van der Waals surface area contributed by atoms with Gasteiger partial charge in [0.25, 0.3) is 0 Å². The third-order valence-electron chi connectivity index (χ3n) is 6.14. The van der Waals surface area contributed by atoms with Crippen molar-refractivity contribution < 1.29 is 4.79 Å². The van der Waals surface area contributed by atoms with Gasteiger partial charge in [-0.25, -0.2) is 0 Å². The summed E-state index contributed by atoms with van der Waals surface area (Å²) in [6, 6.07) is 4.73. The highest BCUT2D eigenvalue weighted by Gasteiger charge is 2.28. The van der Waals surface area contributed by atoms with Crippen molar-refractivity contribution in [3.05, 3.63) is 28.2 Å². The molecule has 5 nitrogen and oxygen atoms in total. The van der Waals surface area contributed by atoms with Crippen molar-refractivity contribution in [2.45, 2.75) is 87.6 Å². The predicted octanol–water partition coefficient (Wildman–Crippen LogP) is 5.32. The Morgan fingerprint density at radius 2 is 1.86 bits per heavy atom. The molecule has 1 saturated carbocycles. The fourth-order valence-corrected chi connectivity index (χ4v) is 6.26. The zero-order chi connectivity index (χ0) is 20.1. The minimum Gasteiger partial charge on any atom is -0.342 e. The van der Waals surface area contributed by atoms with Crippen LogP contribution in [0.4, 0.5) is 0 Å². The molecule has 0 N–H and O–H groups in total. The summed E-state index contributed by atoms with van der Waals surface area (Å²) in [5, 5.41) is 12.1. The van der Waals surface area contributed by atoms with Crippen LogP contribution >= 0.6 is 23.1 Å². The molecule has 0 bridgehead atoms. The fourth-order valence-electron chi connectivity index (χ4n) is 4.54. The molecule has 2 aromatic heterocycles. The van der Waals surface area contributed by atoms with Crippen molar-refractivity contribution in [1.29, 1.82) is 0 Å². The number of hydrogen-bond donors (Lipinski definition) is 0. The molecular formula is C22H32N4OS2. The zero-order valence-corrected chi connectivity index (χ0v) is 19.0. The maximum atomic E-state index is 13.1. The van der Waals surface area contributed by atoms with Gasteiger partial charge >= 0.3 is 0 Å². The topological polar surface area (TPSA) is 51.0 Å². The number of carbonyl (C=O) groups excluding carboxylic acids is 1.